The van der Waals surface area contributed by atoms with Gasteiger partial charge in [-0.15, -0.1) is 12.4 Å². The molecule has 80 valence electrons. The van der Waals surface area contributed by atoms with Crippen LogP contribution in [0, 0.1) is 0 Å². The maximum atomic E-state index is 11.1. The van der Waals surface area contributed by atoms with Gasteiger partial charge in [0.1, 0.15) is 11.8 Å². The number of hydrogen-bond donors (Lipinski definition) is 1. The molecule has 1 aromatic rings. The number of hydrogen-bond acceptors (Lipinski definition) is 4. The van der Waals surface area contributed by atoms with E-state index in [1.807, 2.05) is 0 Å². The lowest BCUT2D eigenvalue weighted by molar-refractivity contribution is -0.144. The van der Waals surface area contributed by atoms with Crippen molar-refractivity contribution >= 4 is 18.4 Å². The molecule has 0 aliphatic heterocycles. The van der Waals surface area contributed by atoms with E-state index in [2.05, 4.69) is 0 Å². The largest absolute Gasteiger partial charge is 0.469 e. The van der Waals surface area contributed by atoms with Crippen molar-refractivity contribution in [3.8, 4) is 0 Å². The first-order chi connectivity index (χ1) is 6.24. The summed E-state index contributed by atoms with van der Waals surface area (Å²) in [6, 6.07) is 2.90. The van der Waals surface area contributed by atoms with E-state index in [4.69, 9.17) is 14.9 Å². The molecule has 0 bridgehead atoms. The molecule has 0 saturated carbocycles. The van der Waals surface area contributed by atoms with Crippen molar-refractivity contribution in [2.24, 2.45) is 5.73 Å². The summed E-state index contributed by atoms with van der Waals surface area (Å²) in [4.78, 5) is 11.1. The minimum atomic E-state index is -0.633. The first kappa shape index (κ1) is 13.0. The quantitative estimate of drug-likeness (QED) is 0.772. The van der Waals surface area contributed by atoms with Gasteiger partial charge >= 0.3 is 5.97 Å². The standard InChI is InChI=1S/C9H13NO3.ClH/c1-2-12-9(11)8(10)6-7-4-3-5-13-7;/h3-5,8H,2,6,10H2,1H3;1H. The molecule has 1 aromatic heterocycles. The second-order valence-electron chi connectivity index (χ2n) is 2.64. The van der Waals surface area contributed by atoms with E-state index in [0.29, 0.717) is 18.8 Å². The lowest BCUT2D eigenvalue weighted by Gasteiger charge is -2.07. The van der Waals surface area contributed by atoms with Gasteiger partial charge in [-0.25, -0.2) is 0 Å². The molecule has 0 aliphatic carbocycles. The predicted octanol–water partition coefficient (Wildman–Crippen LogP) is 1.13. The Hall–Kier alpha value is -1.00. The summed E-state index contributed by atoms with van der Waals surface area (Å²) in [6.45, 7) is 2.10. The SMILES string of the molecule is CCOC(=O)C(N)Cc1ccco1.Cl. The van der Waals surface area contributed by atoms with Gasteiger partial charge in [-0.1, -0.05) is 0 Å². The lowest BCUT2D eigenvalue weighted by Crippen LogP contribution is -2.34. The number of furan rings is 1. The zero-order valence-corrected chi connectivity index (χ0v) is 8.75. The predicted molar refractivity (Wildman–Crippen MR) is 54.3 cm³/mol. The summed E-state index contributed by atoms with van der Waals surface area (Å²) in [7, 11) is 0. The topological polar surface area (TPSA) is 65.5 Å². The lowest BCUT2D eigenvalue weighted by atomic mass is 10.2. The summed E-state index contributed by atoms with van der Waals surface area (Å²) in [5.74, 6) is 0.305. The van der Waals surface area contributed by atoms with Gasteiger partial charge in [-0.3, -0.25) is 4.79 Å². The number of nitrogens with two attached hydrogens (primary N) is 1. The Morgan fingerprint density at radius 2 is 2.43 bits per heavy atom. The molecule has 0 spiro atoms. The van der Waals surface area contributed by atoms with Crippen molar-refractivity contribution in [1.82, 2.24) is 0 Å². The summed E-state index contributed by atoms with van der Waals surface area (Å²) < 4.78 is 9.79. The molecular weight excluding hydrogens is 206 g/mol. The maximum absolute atomic E-state index is 11.1. The van der Waals surface area contributed by atoms with Crippen LogP contribution in [0.1, 0.15) is 12.7 Å². The van der Waals surface area contributed by atoms with Crippen molar-refractivity contribution in [3.63, 3.8) is 0 Å². The van der Waals surface area contributed by atoms with E-state index in [-0.39, 0.29) is 18.4 Å². The average molecular weight is 220 g/mol. The highest BCUT2D eigenvalue weighted by atomic mass is 35.5. The first-order valence-corrected chi connectivity index (χ1v) is 4.18. The molecule has 0 aromatic carbocycles. The van der Waals surface area contributed by atoms with Crippen molar-refractivity contribution in [2.75, 3.05) is 6.61 Å². The van der Waals surface area contributed by atoms with Crippen molar-refractivity contribution in [1.29, 1.82) is 0 Å². The minimum absolute atomic E-state index is 0. The Morgan fingerprint density at radius 3 is 2.93 bits per heavy atom. The molecule has 0 fully saturated rings. The van der Waals surface area contributed by atoms with Crippen LogP contribution in [0.15, 0.2) is 22.8 Å². The van der Waals surface area contributed by atoms with E-state index >= 15 is 0 Å². The summed E-state index contributed by atoms with van der Waals surface area (Å²) in [5.41, 5.74) is 5.56. The highest BCUT2D eigenvalue weighted by Crippen LogP contribution is 2.03. The van der Waals surface area contributed by atoms with Gasteiger partial charge < -0.3 is 14.9 Å². The van der Waals surface area contributed by atoms with Crippen LogP contribution in [0.25, 0.3) is 0 Å². The van der Waals surface area contributed by atoms with Crippen LogP contribution in [0.4, 0.5) is 0 Å². The Morgan fingerprint density at radius 1 is 1.71 bits per heavy atom. The van der Waals surface area contributed by atoms with Gasteiger partial charge in [-0.2, -0.15) is 0 Å². The van der Waals surface area contributed by atoms with Gasteiger partial charge in [0.15, 0.2) is 0 Å². The summed E-state index contributed by atoms with van der Waals surface area (Å²) >= 11 is 0. The average Bonchev–Trinajstić information content (AvgIpc) is 2.57. The number of esters is 1. The van der Waals surface area contributed by atoms with E-state index in [1.165, 1.54) is 0 Å². The molecule has 1 atom stereocenters. The molecule has 1 heterocycles. The minimum Gasteiger partial charge on any atom is -0.469 e. The molecule has 0 aliphatic rings. The Kier molecular flexibility index (Phi) is 5.99. The van der Waals surface area contributed by atoms with Gasteiger partial charge in [0.2, 0.25) is 0 Å². The van der Waals surface area contributed by atoms with Crippen LogP contribution >= 0.6 is 12.4 Å². The fourth-order valence-corrected chi connectivity index (χ4v) is 0.978. The van der Waals surface area contributed by atoms with E-state index in [0.717, 1.165) is 0 Å². The second kappa shape index (κ2) is 6.45. The smallest absolute Gasteiger partial charge is 0.323 e. The van der Waals surface area contributed by atoms with Crippen molar-refractivity contribution in [3.05, 3.63) is 24.2 Å². The zero-order valence-electron chi connectivity index (χ0n) is 7.93. The number of halogens is 1. The monoisotopic (exact) mass is 219 g/mol. The maximum Gasteiger partial charge on any atom is 0.323 e. The third kappa shape index (κ3) is 3.81. The van der Waals surface area contributed by atoms with Crippen LogP contribution in [-0.4, -0.2) is 18.6 Å². The molecule has 5 heteroatoms. The fourth-order valence-electron chi connectivity index (χ4n) is 0.978. The molecule has 0 amide bonds. The molecule has 0 radical (unpaired) electrons. The van der Waals surface area contributed by atoms with E-state index in [1.54, 1.807) is 25.3 Å². The van der Waals surface area contributed by atoms with Crippen LogP contribution in [0.5, 0.6) is 0 Å². The van der Waals surface area contributed by atoms with Crippen molar-refractivity contribution < 1.29 is 13.9 Å². The summed E-state index contributed by atoms with van der Waals surface area (Å²) in [5, 5.41) is 0. The molecular formula is C9H14ClNO3. The highest BCUT2D eigenvalue weighted by molar-refractivity contribution is 5.85. The Labute approximate surface area is 88.8 Å². The summed E-state index contributed by atoms with van der Waals surface area (Å²) in [6.07, 6.45) is 1.93. The number of carbonyl (C=O) groups is 1. The molecule has 1 unspecified atom stereocenters. The second-order valence-corrected chi connectivity index (χ2v) is 2.64. The van der Waals surface area contributed by atoms with Gasteiger partial charge in [0.05, 0.1) is 12.9 Å². The number of rotatable bonds is 4. The Balaban J connectivity index is 0.00000169. The first-order valence-electron chi connectivity index (χ1n) is 4.18. The van der Waals surface area contributed by atoms with E-state index < -0.39 is 6.04 Å². The molecule has 2 N–H and O–H groups in total. The van der Waals surface area contributed by atoms with Gasteiger partial charge in [0.25, 0.3) is 0 Å². The van der Waals surface area contributed by atoms with Crippen molar-refractivity contribution in [2.45, 2.75) is 19.4 Å². The highest BCUT2D eigenvalue weighted by Gasteiger charge is 2.15. The normalized spacial score (nSPS) is 11.6. The van der Waals surface area contributed by atoms with Crippen LogP contribution in [0.2, 0.25) is 0 Å². The van der Waals surface area contributed by atoms with Crippen LogP contribution < -0.4 is 5.73 Å². The van der Waals surface area contributed by atoms with Gasteiger partial charge in [-0.05, 0) is 19.1 Å². The fraction of sp³-hybridized carbons (Fsp3) is 0.444. The molecule has 0 saturated heterocycles. The van der Waals surface area contributed by atoms with Gasteiger partial charge in [0, 0.05) is 6.42 Å². The zero-order chi connectivity index (χ0) is 9.68. The van der Waals surface area contributed by atoms with E-state index in [9.17, 15) is 4.79 Å². The molecule has 4 nitrogen and oxygen atoms in total. The van der Waals surface area contributed by atoms with Crippen LogP contribution in [-0.2, 0) is 16.0 Å². The Bertz CT molecular complexity index is 261. The molecule has 1 rings (SSSR count). The third-order valence-electron chi connectivity index (χ3n) is 1.59. The molecule has 14 heavy (non-hydrogen) atoms. The van der Waals surface area contributed by atoms with Crippen LogP contribution in [0.3, 0.4) is 0 Å². The number of ether oxygens (including phenoxy) is 1. The third-order valence-corrected chi connectivity index (χ3v) is 1.59. The number of carbonyl (C=O) groups excluding carboxylic acids is 1.